The molecule has 0 aromatic carbocycles. The van der Waals surface area contributed by atoms with Crippen LogP contribution in [0.3, 0.4) is 0 Å². The van der Waals surface area contributed by atoms with E-state index in [-0.39, 0.29) is 0 Å². The quantitative estimate of drug-likeness (QED) is 0.844. The highest BCUT2D eigenvalue weighted by molar-refractivity contribution is 8.01. The van der Waals surface area contributed by atoms with Crippen LogP contribution in [0.2, 0.25) is 0 Å². The van der Waals surface area contributed by atoms with Crippen LogP contribution in [-0.2, 0) is 17.9 Å². The molecule has 1 atom stereocenters. The third kappa shape index (κ3) is 3.57. The highest BCUT2D eigenvalue weighted by atomic mass is 32.2. The van der Waals surface area contributed by atoms with Gasteiger partial charge in [0.2, 0.25) is 0 Å². The van der Waals surface area contributed by atoms with Gasteiger partial charge in [-0.05, 0) is 30.7 Å². The maximum absolute atomic E-state index is 6.06. The summed E-state index contributed by atoms with van der Waals surface area (Å²) in [4.78, 5) is 11.2. The molecule has 2 fully saturated rings. The monoisotopic (exact) mass is 327 g/mol. The Labute approximate surface area is 141 Å². The number of likely N-dealkylation sites (tertiary alicyclic amines) is 1. The van der Waals surface area contributed by atoms with E-state index in [0.717, 1.165) is 43.2 Å². The third-order valence-electron chi connectivity index (χ3n) is 4.50. The van der Waals surface area contributed by atoms with Gasteiger partial charge in [-0.3, -0.25) is 14.9 Å². The van der Waals surface area contributed by atoms with Crippen LogP contribution in [0.4, 0.5) is 0 Å². The van der Waals surface area contributed by atoms with Crippen molar-refractivity contribution < 1.29 is 4.74 Å². The van der Waals surface area contributed by atoms with Gasteiger partial charge in [0.15, 0.2) is 0 Å². The van der Waals surface area contributed by atoms with Crippen LogP contribution in [0.1, 0.15) is 17.8 Å². The molecule has 120 valence electrons. The summed E-state index contributed by atoms with van der Waals surface area (Å²) in [5, 5.41) is 0. The summed E-state index contributed by atoms with van der Waals surface area (Å²) in [6.45, 7) is 3.89. The van der Waals surface area contributed by atoms with Crippen LogP contribution in [0.5, 0.6) is 0 Å². The van der Waals surface area contributed by atoms with Crippen molar-refractivity contribution in [2.24, 2.45) is 0 Å². The first-order valence-corrected chi connectivity index (χ1v) is 9.08. The van der Waals surface area contributed by atoms with Crippen molar-refractivity contribution in [3.63, 3.8) is 0 Å². The van der Waals surface area contributed by atoms with Gasteiger partial charge in [-0.1, -0.05) is 12.1 Å². The van der Waals surface area contributed by atoms with Crippen LogP contribution in [0.15, 0.2) is 48.8 Å². The number of ether oxygens (including phenoxy) is 1. The van der Waals surface area contributed by atoms with E-state index < -0.39 is 0 Å². The van der Waals surface area contributed by atoms with Crippen molar-refractivity contribution in [1.29, 1.82) is 0 Å². The molecule has 4 rings (SSSR count). The molecule has 5 heteroatoms. The average Bonchev–Trinajstić information content (AvgIpc) is 2.99. The number of aromatic nitrogens is 2. The molecule has 2 aromatic heterocycles. The van der Waals surface area contributed by atoms with E-state index in [1.165, 1.54) is 0 Å². The van der Waals surface area contributed by atoms with E-state index >= 15 is 0 Å². The standard InChI is InChI=1S/C18H21N3OS/c1-3-7-19-15(5-1)10-21-13-18(14-21)9-17(12-23-18)22-11-16-6-2-4-8-20-16/h1-8,17H,9-14H2. The van der Waals surface area contributed by atoms with E-state index in [0.29, 0.717) is 17.5 Å². The summed E-state index contributed by atoms with van der Waals surface area (Å²) in [5.41, 5.74) is 2.18. The molecular weight excluding hydrogens is 306 g/mol. The van der Waals surface area contributed by atoms with Crippen LogP contribution < -0.4 is 0 Å². The highest BCUT2D eigenvalue weighted by Gasteiger charge is 2.49. The van der Waals surface area contributed by atoms with Crippen molar-refractivity contribution in [2.75, 3.05) is 18.8 Å². The minimum absolute atomic E-state index is 0.360. The summed E-state index contributed by atoms with van der Waals surface area (Å²) in [6, 6.07) is 12.1. The molecule has 0 saturated carbocycles. The van der Waals surface area contributed by atoms with Crippen molar-refractivity contribution in [3.05, 3.63) is 60.2 Å². The second-order valence-corrected chi connectivity index (χ2v) is 7.91. The van der Waals surface area contributed by atoms with Crippen molar-refractivity contribution in [2.45, 2.75) is 30.4 Å². The Morgan fingerprint density at radius 2 is 1.83 bits per heavy atom. The minimum atomic E-state index is 0.360. The Hall–Kier alpha value is -1.43. The maximum Gasteiger partial charge on any atom is 0.0892 e. The molecule has 0 N–H and O–H groups in total. The lowest BCUT2D eigenvalue weighted by molar-refractivity contribution is 0.0248. The van der Waals surface area contributed by atoms with E-state index in [9.17, 15) is 0 Å². The molecule has 23 heavy (non-hydrogen) atoms. The molecule has 0 aliphatic carbocycles. The summed E-state index contributed by atoms with van der Waals surface area (Å²) in [6.07, 6.45) is 5.21. The molecule has 1 spiro atoms. The second-order valence-electron chi connectivity index (χ2n) is 6.42. The Bertz CT molecular complexity index is 631. The molecule has 2 aromatic rings. The van der Waals surface area contributed by atoms with Crippen molar-refractivity contribution in [3.8, 4) is 0 Å². The van der Waals surface area contributed by atoms with Gasteiger partial charge in [0.25, 0.3) is 0 Å². The van der Waals surface area contributed by atoms with E-state index in [1.807, 2.05) is 36.7 Å². The Morgan fingerprint density at radius 3 is 2.52 bits per heavy atom. The van der Waals surface area contributed by atoms with Crippen LogP contribution in [0, 0.1) is 0 Å². The number of thioether (sulfide) groups is 1. The van der Waals surface area contributed by atoms with E-state index in [1.54, 1.807) is 0 Å². The number of hydrogen-bond acceptors (Lipinski definition) is 5. The summed E-state index contributed by atoms with van der Waals surface area (Å²) < 4.78 is 6.47. The first kappa shape index (κ1) is 15.1. The lowest BCUT2D eigenvalue weighted by Gasteiger charge is -2.47. The van der Waals surface area contributed by atoms with Crippen LogP contribution in [0.25, 0.3) is 0 Å². The molecule has 0 amide bonds. The summed E-state index contributed by atoms with van der Waals surface area (Å²) in [5.74, 6) is 1.10. The fourth-order valence-corrected chi connectivity index (χ4v) is 5.02. The van der Waals surface area contributed by atoms with E-state index in [4.69, 9.17) is 4.74 Å². The Morgan fingerprint density at radius 1 is 1.09 bits per heavy atom. The van der Waals surface area contributed by atoms with Gasteiger partial charge in [0.05, 0.1) is 24.1 Å². The zero-order chi connectivity index (χ0) is 15.5. The summed E-state index contributed by atoms with van der Waals surface area (Å²) in [7, 11) is 0. The molecule has 0 radical (unpaired) electrons. The fourth-order valence-electron chi connectivity index (χ4n) is 3.42. The van der Waals surface area contributed by atoms with Gasteiger partial charge in [-0.2, -0.15) is 0 Å². The zero-order valence-electron chi connectivity index (χ0n) is 13.1. The predicted octanol–water partition coefficient (Wildman–Crippen LogP) is 2.75. The number of hydrogen-bond donors (Lipinski definition) is 0. The fraction of sp³-hybridized carbons (Fsp3) is 0.444. The first-order chi connectivity index (χ1) is 11.3. The number of pyridine rings is 2. The normalized spacial score (nSPS) is 23.0. The SMILES string of the molecule is c1ccc(COC2CSC3(C2)CN(Cc2ccccn2)C3)nc1. The third-order valence-corrected chi connectivity index (χ3v) is 6.08. The second kappa shape index (κ2) is 6.59. The van der Waals surface area contributed by atoms with Crippen LogP contribution in [-0.4, -0.2) is 44.6 Å². The van der Waals surface area contributed by atoms with Gasteiger partial charge in [0.1, 0.15) is 0 Å². The Kier molecular flexibility index (Phi) is 4.33. The molecule has 4 nitrogen and oxygen atoms in total. The molecule has 4 heterocycles. The first-order valence-electron chi connectivity index (χ1n) is 8.09. The molecule has 2 saturated heterocycles. The maximum atomic E-state index is 6.06. The van der Waals surface area contributed by atoms with Gasteiger partial charge < -0.3 is 4.74 Å². The number of rotatable bonds is 5. The molecular formula is C18H21N3OS. The van der Waals surface area contributed by atoms with Gasteiger partial charge in [0, 0.05) is 42.5 Å². The van der Waals surface area contributed by atoms with E-state index in [2.05, 4.69) is 38.8 Å². The van der Waals surface area contributed by atoms with Gasteiger partial charge in [-0.15, -0.1) is 11.8 Å². The largest absolute Gasteiger partial charge is 0.371 e. The molecule has 1 unspecified atom stereocenters. The lowest BCUT2D eigenvalue weighted by Crippen LogP contribution is -2.58. The van der Waals surface area contributed by atoms with Gasteiger partial charge >= 0.3 is 0 Å². The predicted molar refractivity (Wildman–Crippen MR) is 92.1 cm³/mol. The molecule has 2 aliphatic rings. The highest BCUT2D eigenvalue weighted by Crippen LogP contribution is 2.46. The number of nitrogens with zero attached hydrogens (tertiary/aromatic N) is 3. The Balaban J connectivity index is 1.24. The topological polar surface area (TPSA) is 38.2 Å². The minimum Gasteiger partial charge on any atom is -0.371 e. The van der Waals surface area contributed by atoms with Crippen molar-refractivity contribution in [1.82, 2.24) is 14.9 Å². The lowest BCUT2D eigenvalue weighted by atomic mass is 9.93. The zero-order valence-corrected chi connectivity index (χ0v) is 13.9. The van der Waals surface area contributed by atoms with Gasteiger partial charge in [-0.25, -0.2) is 0 Å². The molecule has 2 aliphatic heterocycles. The average molecular weight is 327 g/mol. The van der Waals surface area contributed by atoms with Crippen LogP contribution >= 0.6 is 11.8 Å². The van der Waals surface area contributed by atoms with Crippen molar-refractivity contribution >= 4 is 11.8 Å². The summed E-state index contributed by atoms with van der Waals surface area (Å²) >= 11 is 2.08. The molecule has 0 bridgehead atoms. The smallest absolute Gasteiger partial charge is 0.0892 e.